The van der Waals surface area contributed by atoms with E-state index in [1.165, 1.54) is 0 Å². The van der Waals surface area contributed by atoms with Gasteiger partial charge in [0.1, 0.15) is 0 Å². The largest absolute Gasteiger partial charge is 0.339 e. The topological polar surface area (TPSA) is 64.9 Å². The Hall–Kier alpha value is -1.20. The molecule has 2 aromatic rings. The van der Waals surface area contributed by atoms with E-state index < -0.39 is 0 Å². The summed E-state index contributed by atoms with van der Waals surface area (Å²) in [6.45, 7) is 2.68. The van der Waals surface area contributed by atoms with Gasteiger partial charge < -0.3 is 10.3 Å². The third-order valence-corrected chi connectivity index (χ3v) is 2.97. The molecule has 1 heterocycles. The molecule has 0 bridgehead atoms. The van der Waals surface area contributed by atoms with Crippen LogP contribution in [0.1, 0.15) is 12.8 Å². The number of aromatic nitrogens is 2. The van der Waals surface area contributed by atoms with Gasteiger partial charge in [-0.1, -0.05) is 40.1 Å². The molecule has 0 aliphatic rings. The van der Waals surface area contributed by atoms with Gasteiger partial charge in [-0.25, -0.2) is 0 Å². The van der Waals surface area contributed by atoms with Crippen molar-refractivity contribution in [2.45, 2.75) is 13.3 Å². The van der Waals surface area contributed by atoms with Gasteiger partial charge in [-0.15, -0.1) is 0 Å². The molecule has 0 aliphatic heterocycles. The van der Waals surface area contributed by atoms with E-state index in [-0.39, 0.29) is 0 Å². The van der Waals surface area contributed by atoms with Crippen LogP contribution in [0.15, 0.2) is 33.3 Å². The van der Waals surface area contributed by atoms with Crippen LogP contribution in [0.2, 0.25) is 0 Å². The van der Waals surface area contributed by atoms with E-state index in [4.69, 9.17) is 10.3 Å². The summed E-state index contributed by atoms with van der Waals surface area (Å²) >= 11 is 3.42. The molecule has 90 valence electrons. The first kappa shape index (κ1) is 12.3. The lowest BCUT2D eigenvalue weighted by Gasteiger charge is -2.01. The Kier molecular flexibility index (Phi) is 3.91. The maximum atomic E-state index is 5.56. The maximum Gasteiger partial charge on any atom is 0.227 e. The molecule has 0 saturated carbocycles. The lowest BCUT2D eigenvalue weighted by atomic mass is 10.1. The van der Waals surface area contributed by atoms with Crippen LogP contribution in [0, 0.1) is 5.92 Å². The molecule has 0 saturated heterocycles. The molecule has 0 aliphatic carbocycles. The first-order valence-corrected chi connectivity index (χ1v) is 6.27. The number of benzene rings is 1. The third-order valence-electron chi connectivity index (χ3n) is 2.48. The second-order valence-corrected chi connectivity index (χ2v) is 4.98. The van der Waals surface area contributed by atoms with Gasteiger partial charge in [-0.3, -0.25) is 0 Å². The molecule has 2 rings (SSSR count). The van der Waals surface area contributed by atoms with Crippen LogP contribution in [0.5, 0.6) is 0 Å². The van der Waals surface area contributed by atoms with E-state index in [1.54, 1.807) is 0 Å². The Morgan fingerprint density at radius 1 is 1.47 bits per heavy atom. The zero-order valence-corrected chi connectivity index (χ0v) is 11.1. The Balaban J connectivity index is 2.18. The van der Waals surface area contributed by atoms with Crippen LogP contribution in [0.3, 0.4) is 0 Å². The predicted octanol–water partition coefficient (Wildman–Crippen LogP) is 2.64. The molecule has 0 amide bonds. The van der Waals surface area contributed by atoms with Crippen molar-refractivity contribution in [2.75, 3.05) is 6.54 Å². The highest BCUT2D eigenvalue weighted by Gasteiger charge is 2.11. The van der Waals surface area contributed by atoms with Crippen LogP contribution in [0.25, 0.3) is 11.4 Å². The minimum atomic E-state index is 0.353. The van der Waals surface area contributed by atoms with Crippen molar-refractivity contribution in [3.8, 4) is 11.4 Å². The van der Waals surface area contributed by atoms with Crippen molar-refractivity contribution in [2.24, 2.45) is 11.7 Å². The Morgan fingerprint density at radius 3 is 3.00 bits per heavy atom. The van der Waals surface area contributed by atoms with Crippen molar-refractivity contribution in [1.82, 2.24) is 10.1 Å². The minimum Gasteiger partial charge on any atom is -0.339 e. The summed E-state index contributed by atoms with van der Waals surface area (Å²) in [6, 6.07) is 7.81. The molecule has 2 N–H and O–H groups in total. The normalized spacial score (nSPS) is 12.6. The number of nitrogens with two attached hydrogens (primary N) is 1. The van der Waals surface area contributed by atoms with Gasteiger partial charge in [0, 0.05) is 16.5 Å². The van der Waals surface area contributed by atoms with Gasteiger partial charge >= 0.3 is 0 Å². The summed E-state index contributed by atoms with van der Waals surface area (Å²) in [4.78, 5) is 4.36. The maximum absolute atomic E-state index is 5.56. The first-order chi connectivity index (χ1) is 8.19. The van der Waals surface area contributed by atoms with Gasteiger partial charge in [0.25, 0.3) is 0 Å². The molecular weight excluding hydrogens is 282 g/mol. The van der Waals surface area contributed by atoms with Crippen LogP contribution in [-0.2, 0) is 6.42 Å². The summed E-state index contributed by atoms with van der Waals surface area (Å²) in [7, 11) is 0. The Labute approximate surface area is 108 Å². The highest BCUT2D eigenvalue weighted by Crippen LogP contribution is 2.20. The number of rotatable bonds is 4. The van der Waals surface area contributed by atoms with Crippen LogP contribution in [0.4, 0.5) is 0 Å². The standard InChI is InChI=1S/C12H14BrN3O/c1-8(7-14)5-11-15-12(16-17-11)9-3-2-4-10(13)6-9/h2-4,6,8H,5,7,14H2,1H3. The number of nitrogens with zero attached hydrogens (tertiary/aromatic N) is 2. The van der Waals surface area contributed by atoms with Crippen molar-refractivity contribution < 1.29 is 4.52 Å². The van der Waals surface area contributed by atoms with E-state index >= 15 is 0 Å². The van der Waals surface area contributed by atoms with E-state index in [9.17, 15) is 0 Å². The summed E-state index contributed by atoms with van der Waals surface area (Å²) in [6.07, 6.45) is 0.720. The molecular formula is C12H14BrN3O. The lowest BCUT2D eigenvalue weighted by molar-refractivity contribution is 0.360. The van der Waals surface area contributed by atoms with Gasteiger partial charge in [0.05, 0.1) is 0 Å². The fourth-order valence-electron chi connectivity index (χ4n) is 1.46. The quantitative estimate of drug-likeness (QED) is 0.942. The summed E-state index contributed by atoms with van der Waals surface area (Å²) in [5.41, 5.74) is 6.50. The zero-order valence-electron chi connectivity index (χ0n) is 9.56. The van der Waals surface area contributed by atoms with Crippen LogP contribution < -0.4 is 5.73 Å². The number of hydrogen-bond acceptors (Lipinski definition) is 4. The molecule has 1 atom stereocenters. The van der Waals surface area contributed by atoms with E-state index in [2.05, 4.69) is 33.0 Å². The molecule has 0 radical (unpaired) electrons. The lowest BCUT2D eigenvalue weighted by Crippen LogP contribution is -2.13. The van der Waals surface area contributed by atoms with E-state index in [0.717, 1.165) is 16.5 Å². The van der Waals surface area contributed by atoms with Crippen LogP contribution in [-0.4, -0.2) is 16.7 Å². The predicted molar refractivity (Wildman–Crippen MR) is 69.4 cm³/mol. The summed E-state index contributed by atoms with van der Waals surface area (Å²) in [5.74, 6) is 1.61. The fraction of sp³-hybridized carbons (Fsp3) is 0.333. The fourth-order valence-corrected chi connectivity index (χ4v) is 1.86. The van der Waals surface area contributed by atoms with Crippen LogP contribution >= 0.6 is 15.9 Å². The van der Waals surface area contributed by atoms with Gasteiger partial charge in [-0.05, 0) is 24.6 Å². The molecule has 17 heavy (non-hydrogen) atoms. The molecule has 0 fully saturated rings. The number of halogens is 1. The SMILES string of the molecule is CC(CN)Cc1nc(-c2cccc(Br)c2)no1. The molecule has 0 spiro atoms. The smallest absolute Gasteiger partial charge is 0.227 e. The van der Waals surface area contributed by atoms with E-state index in [1.807, 2.05) is 24.3 Å². The second-order valence-electron chi connectivity index (χ2n) is 4.07. The summed E-state index contributed by atoms with van der Waals surface area (Å²) < 4.78 is 6.20. The molecule has 1 aromatic carbocycles. The average molecular weight is 296 g/mol. The average Bonchev–Trinajstić information content (AvgIpc) is 2.77. The summed E-state index contributed by atoms with van der Waals surface area (Å²) in [5, 5.41) is 3.97. The molecule has 4 nitrogen and oxygen atoms in total. The van der Waals surface area contributed by atoms with Crippen molar-refractivity contribution in [1.29, 1.82) is 0 Å². The molecule has 5 heteroatoms. The molecule has 1 aromatic heterocycles. The monoisotopic (exact) mass is 295 g/mol. The van der Waals surface area contributed by atoms with Gasteiger partial charge in [0.15, 0.2) is 0 Å². The minimum absolute atomic E-state index is 0.353. The van der Waals surface area contributed by atoms with Gasteiger partial charge in [-0.2, -0.15) is 4.98 Å². The first-order valence-electron chi connectivity index (χ1n) is 5.47. The Bertz CT molecular complexity index is 498. The van der Waals surface area contributed by atoms with Crippen molar-refractivity contribution in [3.05, 3.63) is 34.6 Å². The van der Waals surface area contributed by atoms with Gasteiger partial charge in [0.2, 0.25) is 11.7 Å². The zero-order chi connectivity index (χ0) is 12.3. The van der Waals surface area contributed by atoms with Crippen molar-refractivity contribution >= 4 is 15.9 Å². The van der Waals surface area contributed by atoms with Crippen molar-refractivity contribution in [3.63, 3.8) is 0 Å². The Morgan fingerprint density at radius 2 is 2.29 bits per heavy atom. The third kappa shape index (κ3) is 3.14. The highest BCUT2D eigenvalue weighted by molar-refractivity contribution is 9.10. The van der Waals surface area contributed by atoms with E-state index in [0.29, 0.717) is 24.2 Å². The second kappa shape index (κ2) is 5.42. The highest BCUT2D eigenvalue weighted by atomic mass is 79.9. The molecule has 1 unspecified atom stereocenters. The number of hydrogen-bond donors (Lipinski definition) is 1.